The Morgan fingerprint density at radius 1 is 0.952 bits per heavy atom. The van der Waals surface area contributed by atoms with Crippen LogP contribution in [0.1, 0.15) is 17.3 Å². The summed E-state index contributed by atoms with van der Waals surface area (Å²) in [7, 11) is 3.13. The highest BCUT2D eigenvalue weighted by molar-refractivity contribution is 6.32. The summed E-state index contributed by atoms with van der Waals surface area (Å²) in [4.78, 5) is 11.3. The molecule has 0 saturated heterocycles. The third kappa shape index (κ3) is 3.67. The normalized spacial score (nSPS) is 10.1. The molecule has 0 N–H and O–H groups in total. The Kier molecular flexibility index (Phi) is 4.70. The second-order valence-corrected chi connectivity index (χ2v) is 4.76. The van der Waals surface area contributed by atoms with Crippen LogP contribution in [0.3, 0.4) is 0 Å². The minimum absolute atomic E-state index is 0.0495. The van der Waals surface area contributed by atoms with Crippen molar-refractivity contribution in [2.75, 3.05) is 14.2 Å². The Hall–Kier alpha value is -2.20. The van der Waals surface area contributed by atoms with Crippen molar-refractivity contribution in [2.24, 2.45) is 0 Å². The molecule has 0 aliphatic rings. The first-order chi connectivity index (χ1) is 10.0. The molecule has 0 bridgehead atoms. The van der Waals surface area contributed by atoms with Gasteiger partial charge in [0.25, 0.3) is 0 Å². The van der Waals surface area contributed by atoms with Crippen LogP contribution in [0.5, 0.6) is 23.0 Å². The van der Waals surface area contributed by atoms with Gasteiger partial charge in [-0.3, -0.25) is 4.79 Å². The number of hydrogen-bond acceptors (Lipinski definition) is 4. The fourth-order valence-electron chi connectivity index (χ4n) is 1.77. The molecule has 0 saturated carbocycles. The van der Waals surface area contributed by atoms with Crippen LogP contribution in [0.15, 0.2) is 36.4 Å². The molecule has 0 aliphatic heterocycles. The number of hydrogen-bond donors (Lipinski definition) is 0. The van der Waals surface area contributed by atoms with E-state index in [2.05, 4.69) is 0 Å². The lowest BCUT2D eigenvalue weighted by Gasteiger charge is -2.11. The van der Waals surface area contributed by atoms with Crippen molar-refractivity contribution in [1.82, 2.24) is 0 Å². The lowest BCUT2D eigenvalue weighted by molar-refractivity contribution is 0.101. The van der Waals surface area contributed by atoms with Crippen LogP contribution in [-0.2, 0) is 0 Å². The summed E-state index contributed by atoms with van der Waals surface area (Å²) in [5.74, 6) is 2.16. The fourth-order valence-corrected chi connectivity index (χ4v) is 1.99. The van der Waals surface area contributed by atoms with E-state index in [-0.39, 0.29) is 5.78 Å². The zero-order chi connectivity index (χ0) is 15.4. The van der Waals surface area contributed by atoms with Crippen LogP contribution in [0.4, 0.5) is 0 Å². The summed E-state index contributed by atoms with van der Waals surface area (Å²) < 4.78 is 16.1. The highest BCUT2D eigenvalue weighted by atomic mass is 35.5. The summed E-state index contributed by atoms with van der Waals surface area (Å²) in [6.07, 6.45) is 0. The number of ether oxygens (including phenoxy) is 3. The van der Waals surface area contributed by atoms with Gasteiger partial charge in [0, 0.05) is 23.8 Å². The highest BCUT2D eigenvalue weighted by Gasteiger charge is 2.09. The van der Waals surface area contributed by atoms with Gasteiger partial charge in [-0.1, -0.05) is 11.6 Å². The molecule has 0 atom stereocenters. The molecule has 21 heavy (non-hydrogen) atoms. The Labute approximate surface area is 128 Å². The molecule has 0 unspecified atom stereocenters. The molecular formula is C16H15ClO4. The largest absolute Gasteiger partial charge is 0.496 e. The molecule has 0 fully saturated rings. The first-order valence-corrected chi connectivity index (χ1v) is 6.62. The van der Waals surface area contributed by atoms with Crippen molar-refractivity contribution in [1.29, 1.82) is 0 Å². The van der Waals surface area contributed by atoms with Crippen LogP contribution < -0.4 is 14.2 Å². The molecule has 0 amide bonds. The maximum Gasteiger partial charge on any atom is 0.159 e. The van der Waals surface area contributed by atoms with Gasteiger partial charge in [0.2, 0.25) is 0 Å². The summed E-state index contributed by atoms with van der Waals surface area (Å²) in [5.41, 5.74) is 0.538. The van der Waals surface area contributed by atoms with Crippen molar-refractivity contribution in [2.45, 2.75) is 6.92 Å². The van der Waals surface area contributed by atoms with Crippen LogP contribution in [0.25, 0.3) is 0 Å². The number of carbonyl (C=O) groups excluding carboxylic acids is 1. The molecule has 2 rings (SSSR count). The van der Waals surface area contributed by atoms with E-state index in [0.717, 1.165) is 0 Å². The standard InChI is InChI=1S/C16H15ClO4/c1-10(18)11-4-5-16(15(17)6-11)21-14-8-12(19-2)7-13(9-14)20-3/h4-9H,1-3H3. The van der Waals surface area contributed by atoms with Gasteiger partial charge in [0.1, 0.15) is 23.0 Å². The number of halogens is 1. The minimum atomic E-state index is -0.0495. The third-order valence-corrected chi connectivity index (χ3v) is 3.19. The van der Waals surface area contributed by atoms with Gasteiger partial charge in [0.05, 0.1) is 19.2 Å². The maximum absolute atomic E-state index is 11.3. The van der Waals surface area contributed by atoms with Crippen LogP contribution in [0, 0.1) is 0 Å². The number of ketones is 1. The number of methoxy groups -OCH3 is 2. The summed E-state index contributed by atoms with van der Waals surface area (Å²) in [6, 6.07) is 10.1. The van der Waals surface area contributed by atoms with E-state index in [1.54, 1.807) is 50.6 Å². The average Bonchev–Trinajstić information content (AvgIpc) is 2.48. The monoisotopic (exact) mass is 306 g/mol. The Balaban J connectivity index is 2.31. The summed E-state index contributed by atoms with van der Waals surface area (Å²) >= 11 is 6.13. The molecule has 0 spiro atoms. The first-order valence-electron chi connectivity index (χ1n) is 6.25. The van der Waals surface area contributed by atoms with Gasteiger partial charge in [0.15, 0.2) is 5.78 Å². The maximum atomic E-state index is 11.3. The van der Waals surface area contributed by atoms with Crippen LogP contribution >= 0.6 is 11.6 Å². The predicted octanol–water partition coefficient (Wildman–Crippen LogP) is 4.35. The molecule has 110 valence electrons. The Morgan fingerprint density at radius 3 is 2.00 bits per heavy atom. The van der Waals surface area contributed by atoms with Crippen LogP contribution in [-0.4, -0.2) is 20.0 Å². The van der Waals surface area contributed by atoms with E-state index < -0.39 is 0 Å². The zero-order valence-electron chi connectivity index (χ0n) is 12.0. The minimum Gasteiger partial charge on any atom is -0.496 e. The molecule has 0 radical (unpaired) electrons. The SMILES string of the molecule is COc1cc(OC)cc(Oc2ccc(C(C)=O)cc2Cl)c1. The topological polar surface area (TPSA) is 44.8 Å². The molecule has 4 nitrogen and oxygen atoms in total. The van der Waals surface area contributed by atoms with E-state index in [1.807, 2.05) is 0 Å². The van der Waals surface area contributed by atoms with Crippen molar-refractivity contribution >= 4 is 17.4 Å². The average molecular weight is 307 g/mol. The zero-order valence-corrected chi connectivity index (χ0v) is 12.7. The molecule has 0 aliphatic carbocycles. The molecule has 2 aromatic carbocycles. The van der Waals surface area contributed by atoms with Crippen molar-refractivity contribution in [3.63, 3.8) is 0 Å². The molecule has 0 heterocycles. The smallest absolute Gasteiger partial charge is 0.159 e. The Morgan fingerprint density at radius 2 is 1.52 bits per heavy atom. The second-order valence-electron chi connectivity index (χ2n) is 4.35. The van der Waals surface area contributed by atoms with E-state index in [1.165, 1.54) is 6.92 Å². The van der Waals surface area contributed by atoms with Gasteiger partial charge < -0.3 is 14.2 Å². The number of benzene rings is 2. The van der Waals surface area contributed by atoms with E-state index in [9.17, 15) is 4.79 Å². The van der Waals surface area contributed by atoms with Gasteiger partial charge in [-0.25, -0.2) is 0 Å². The van der Waals surface area contributed by atoms with E-state index >= 15 is 0 Å². The summed E-state index contributed by atoms with van der Waals surface area (Å²) in [6.45, 7) is 1.49. The van der Waals surface area contributed by atoms with Crippen LogP contribution in [0.2, 0.25) is 5.02 Å². The van der Waals surface area contributed by atoms with E-state index in [4.69, 9.17) is 25.8 Å². The highest BCUT2D eigenvalue weighted by Crippen LogP contribution is 2.34. The van der Waals surface area contributed by atoms with Gasteiger partial charge in [-0.15, -0.1) is 0 Å². The third-order valence-electron chi connectivity index (χ3n) is 2.89. The number of Topliss-reactive ketones (excluding diaryl/α,β-unsaturated/α-hetero) is 1. The molecule has 2 aromatic rings. The van der Waals surface area contributed by atoms with Gasteiger partial charge in [-0.05, 0) is 25.1 Å². The quantitative estimate of drug-likeness (QED) is 0.770. The van der Waals surface area contributed by atoms with Gasteiger partial charge >= 0.3 is 0 Å². The number of rotatable bonds is 5. The molecule has 5 heteroatoms. The lowest BCUT2D eigenvalue weighted by atomic mass is 10.1. The summed E-state index contributed by atoms with van der Waals surface area (Å²) in [5, 5.41) is 0.365. The van der Waals surface area contributed by atoms with Gasteiger partial charge in [-0.2, -0.15) is 0 Å². The molecule has 0 aromatic heterocycles. The number of carbonyl (C=O) groups is 1. The lowest BCUT2D eigenvalue weighted by Crippen LogP contribution is -1.94. The first kappa shape index (κ1) is 15.2. The fraction of sp³-hybridized carbons (Fsp3) is 0.188. The van der Waals surface area contributed by atoms with Crippen molar-refractivity contribution < 1.29 is 19.0 Å². The predicted molar refractivity (Wildman–Crippen MR) is 81.1 cm³/mol. The van der Waals surface area contributed by atoms with Crippen molar-refractivity contribution in [3.05, 3.63) is 47.0 Å². The van der Waals surface area contributed by atoms with E-state index in [0.29, 0.717) is 33.6 Å². The molecular weight excluding hydrogens is 292 g/mol. The Bertz CT molecular complexity index is 645. The van der Waals surface area contributed by atoms with Crippen molar-refractivity contribution in [3.8, 4) is 23.0 Å². The second kappa shape index (κ2) is 6.50.